The Morgan fingerprint density at radius 1 is 1.28 bits per heavy atom. The van der Waals surface area contributed by atoms with E-state index < -0.39 is 0 Å². The van der Waals surface area contributed by atoms with E-state index >= 15 is 0 Å². The number of aryl methyl sites for hydroxylation is 2. The number of nitro benzene ring substituents is 1. The number of rotatable bonds is 6. The number of non-ortho nitro benzene ring substituents is 1. The zero-order valence-corrected chi connectivity index (χ0v) is 14.7. The van der Waals surface area contributed by atoms with Crippen molar-refractivity contribution in [1.29, 1.82) is 0 Å². The Morgan fingerprint density at radius 2 is 1.96 bits per heavy atom. The lowest BCUT2D eigenvalue weighted by Crippen LogP contribution is -2.35. The molecule has 0 bridgehead atoms. The molecule has 0 spiro atoms. The number of anilines is 1. The van der Waals surface area contributed by atoms with Gasteiger partial charge in [-0.25, -0.2) is 4.98 Å². The standard InChI is InChI=1S/C18H24N4O3/c1-13-14(2)25-18(20-13)12-21-9-7-15(8-10-21)11-19-16-3-5-17(6-4-16)22(23)24/h3-6,15,19H,7-12H2,1-2H3. The molecule has 7 heteroatoms. The van der Waals surface area contributed by atoms with Gasteiger partial charge < -0.3 is 9.73 Å². The molecular formula is C18H24N4O3. The van der Waals surface area contributed by atoms with Gasteiger partial charge in [-0.05, 0) is 57.8 Å². The Hall–Kier alpha value is -2.41. The summed E-state index contributed by atoms with van der Waals surface area (Å²) in [5.41, 5.74) is 2.02. The third kappa shape index (κ3) is 4.57. The molecule has 2 heterocycles. The number of likely N-dealkylation sites (tertiary alicyclic amines) is 1. The highest BCUT2D eigenvalue weighted by atomic mass is 16.6. The molecule has 3 rings (SSSR count). The van der Waals surface area contributed by atoms with E-state index in [9.17, 15) is 10.1 Å². The summed E-state index contributed by atoms with van der Waals surface area (Å²) in [5, 5.41) is 14.1. The minimum atomic E-state index is -0.379. The van der Waals surface area contributed by atoms with Crippen molar-refractivity contribution in [2.75, 3.05) is 25.0 Å². The molecule has 7 nitrogen and oxygen atoms in total. The first-order chi connectivity index (χ1) is 12.0. The lowest BCUT2D eigenvalue weighted by Gasteiger charge is -2.31. The molecule has 0 unspecified atom stereocenters. The third-order valence-electron chi connectivity index (χ3n) is 4.81. The van der Waals surface area contributed by atoms with Crippen molar-refractivity contribution in [3.05, 3.63) is 51.7 Å². The van der Waals surface area contributed by atoms with Crippen LogP contribution in [0.25, 0.3) is 0 Å². The van der Waals surface area contributed by atoms with Gasteiger partial charge in [-0.3, -0.25) is 15.0 Å². The fourth-order valence-electron chi connectivity index (χ4n) is 3.11. The molecule has 2 aromatic rings. The highest BCUT2D eigenvalue weighted by Crippen LogP contribution is 2.21. The average molecular weight is 344 g/mol. The van der Waals surface area contributed by atoms with Crippen LogP contribution in [0.1, 0.15) is 30.2 Å². The van der Waals surface area contributed by atoms with Crippen LogP contribution in [0.3, 0.4) is 0 Å². The maximum atomic E-state index is 10.7. The summed E-state index contributed by atoms with van der Waals surface area (Å²) in [5.74, 6) is 2.31. The highest BCUT2D eigenvalue weighted by Gasteiger charge is 2.20. The first kappa shape index (κ1) is 17.4. The van der Waals surface area contributed by atoms with Crippen LogP contribution in [0.15, 0.2) is 28.7 Å². The predicted molar refractivity (Wildman–Crippen MR) is 95.6 cm³/mol. The van der Waals surface area contributed by atoms with Gasteiger partial charge in [0.1, 0.15) is 5.76 Å². The molecule has 0 saturated carbocycles. The molecule has 0 atom stereocenters. The molecule has 0 amide bonds. The van der Waals surface area contributed by atoms with Gasteiger partial charge in [0.2, 0.25) is 5.89 Å². The average Bonchev–Trinajstić information content (AvgIpc) is 2.92. The van der Waals surface area contributed by atoms with Gasteiger partial charge in [-0.2, -0.15) is 0 Å². The summed E-state index contributed by atoms with van der Waals surface area (Å²) in [6, 6.07) is 6.59. The van der Waals surface area contributed by atoms with Crippen molar-refractivity contribution < 1.29 is 9.34 Å². The number of hydrogen-bond donors (Lipinski definition) is 1. The summed E-state index contributed by atoms with van der Waals surface area (Å²) in [7, 11) is 0. The Morgan fingerprint density at radius 3 is 2.52 bits per heavy atom. The molecule has 1 aliphatic heterocycles. The van der Waals surface area contributed by atoms with Crippen molar-refractivity contribution in [2.24, 2.45) is 5.92 Å². The number of piperidine rings is 1. The zero-order valence-electron chi connectivity index (χ0n) is 14.7. The monoisotopic (exact) mass is 344 g/mol. The smallest absolute Gasteiger partial charge is 0.269 e. The number of hydrogen-bond acceptors (Lipinski definition) is 6. The molecule has 1 aromatic carbocycles. The second-order valence-corrected chi connectivity index (χ2v) is 6.65. The van der Waals surface area contributed by atoms with E-state index in [4.69, 9.17) is 4.42 Å². The van der Waals surface area contributed by atoms with Crippen LogP contribution in [0.5, 0.6) is 0 Å². The number of benzene rings is 1. The SMILES string of the molecule is Cc1nc(CN2CCC(CNc3ccc([N+](=O)[O-])cc3)CC2)oc1C. The van der Waals surface area contributed by atoms with Gasteiger partial charge in [-0.1, -0.05) is 0 Å². The van der Waals surface area contributed by atoms with Gasteiger partial charge in [-0.15, -0.1) is 0 Å². The number of oxazole rings is 1. The summed E-state index contributed by atoms with van der Waals surface area (Å²) in [6.07, 6.45) is 2.25. The minimum absolute atomic E-state index is 0.121. The van der Waals surface area contributed by atoms with Crippen LogP contribution in [0.2, 0.25) is 0 Å². The molecular weight excluding hydrogens is 320 g/mol. The van der Waals surface area contributed by atoms with E-state index in [1.807, 2.05) is 13.8 Å². The predicted octanol–water partition coefficient (Wildman–Crippen LogP) is 3.52. The number of aromatic nitrogens is 1. The molecule has 1 aliphatic rings. The van der Waals surface area contributed by atoms with Gasteiger partial charge in [0.25, 0.3) is 5.69 Å². The minimum Gasteiger partial charge on any atom is -0.444 e. The van der Waals surface area contributed by atoms with Crippen molar-refractivity contribution >= 4 is 11.4 Å². The maximum absolute atomic E-state index is 10.7. The number of nitrogens with zero attached hydrogens (tertiary/aromatic N) is 3. The highest BCUT2D eigenvalue weighted by molar-refractivity contribution is 5.48. The van der Waals surface area contributed by atoms with Crippen LogP contribution in [0, 0.1) is 29.9 Å². The fraction of sp³-hybridized carbons (Fsp3) is 0.500. The Labute approximate surface area is 147 Å². The van der Waals surface area contributed by atoms with Gasteiger partial charge in [0.15, 0.2) is 0 Å². The largest absolute Gasteiger partial charge is 0.444 e. The van der Waals surface area contributed by atoms with Gasteiger partial charge in [0, 0.05) is 24.4 Å². The van der Waals surface area contributed by atoms with Crippen LogP contribution in [0.4, 0.5) is 11.4 Å². The van der Waals surface area contributed by atoms with Crippen LogP contribution in [-0.2, 0) is 6.54 Å². The van der Waals surface area contributed by atoms with Crippen molar-refractivity contribution in [3.63, 3.8) is 0 Å². The molecule has 1 saturated heterocycles. The van der Waals surface area contributed by atoms with E-state index in [-0.39, 0.29) is 10.6 Å². The topological polar surface area (TPSA) is 84.4 Å². The van der Waals surface area contributed by atoms with Crippen molar-refractivity contribution in [3.8, 4) is 0 Å². The van der Waals surface area contributed by atoms with Crippen molar-refractivity contribution in [1.82, 2.24) is 9.88 Å². The maximum Gasteiger partial charge on any atom is 0.269 e. The van der Waals surface area contributed by atoms with Gasteiger partial charge >= 0.3 is 0 Å². The normalized spacial score (nSPS) is 16.1. The number of nitro groups is 1. The molecule has 1 N–H and O–H groups in total. The summed E-state index contributed by atoms with van der Waals surface area (Å²) in [6.45, 7) is 7.65. The van der Waals surface area contributed by atoms with Crippen LogP contribution in [-0.4, -0.2) is 34.4 Å². The summed E-state index contributed by atoms with van der Waals surface area (Å²) < 4.78 is 5.66. The molecule has 1 aromatic heterocycles. The van der Waals surface area contributed by atoms with Crippen LogP contribution >= 0.6 is 0 Å². The first-order valence-electron chi connectivity index (χ1n) is 8.65. The lowest BCUT2D eigenvalue weighted by molar-refractivity contribution is -0.384. The zero-order chi connectivity index (χ0) is 17.8. The van der Waals surface area contributed by atoms with E-state index in [0.717, 1.165) is 62.1 Å². The third-order valence-corrected chi connectivity index (χ3v) is 4.81. The lowest BCUT2D eigenvalue weighted by atomic mass is 9.96. The number of nitrogens with one attached hydrogen (secondary N) is 1. The molecule has 25 heavy (non-hydrogen) atoms. The molecule has 0 radical (unpaired) electrons. The first-order valence-corrected chi connectivity index (χ1v) is 8.65. The summed E-state index contributed by atoms with van der Waals surface area (Å²) in [4.78, 5) is 17.1. The van der Waals surface area contributed by atoms with Crippen molar-refractivity contribution in [2.45, 2.75) is 33.2 Å². The van der Waals surface area contributed by atoms with E-state index in [0.29, 0.717) is 5.92 Å². The van der Waals surface area contributed by atoms with Gasteiger partial charge in [0.05, 0.1) is 17.2 Å². The van der Waals surface area contributed by atoms with E-state index in [2.05, 4.69) is 15.2 Å². The Kier molecular flexibility index (Phi) is 5.33. The second-order valence-electron chi connectivity index (χ2n) is 6.65. The Balaban J connectivity index is 1.42. The molecule has 1 fully saturated rings. The summed E-state index contributed by atoms with van der Waals surface area (Å²) >= 11 is 0. The Bertz CT molecular complexity index is 699. The molecule has 0 aliphatic carbocycles. The quantitative estimate of drug-likeness (QED) is 0.637. The van der Waals surface area contributed by atoms with E-state index in [1.165, 1.54) is 12.1 Å². The van der Waals surface area contributed by atoms with E-state index in [1.54, 1.807) is 12.1 Å². The fourth-order valence-corrected chi connectivity index (χ4v) is 3.11. The molecule has 134 valence electrons. The van der Waals surface area contributed by atoms with Crippen LogP contribution < -0.4 is 5.32 Å². The second kappa shape index (κ2) is 7.65.